The van der Waals surface area contributed by atoms with Crippen molar-refractivity contribution in [3.8, 4) is 5.69 Å². The van der Waals surface area contributed by atoms with E-state index in [1.54, 1.807) is 42.5 Å². The molecule has 7 nitrogen and oxygen atoms in total. The summed E-state index contributed by atoms with van der Waals surface area (Å²) in [5.74, 6) is -0.621. The number of halogens is 1. The molecule has 30 heavy (non-hydrogen) atoms. The van der Waals surface area contributed by atoms with Crippen LogP contribution in [0.3, 0.4) is 0 Å². The number of carbonyl (C=O) groups excluding carboxylic acids is 2. The van der Waals surface area contributed by atoms with Gasteiger partial charge in [-0.15, -0.1) is 6.58 Å². The number of nitrogens with one attached hydrogen (secondary N) is 2. The highest BCUT2D eigenvalue weighted by atomic mass is 35.5. The van der Waals surface area contributed by atoms with Crippen LogP contribution in [0.2, 0.25) is 5.02 Å². The van der Waals surface area contributed by atoms with E-state index in [2.05, 4.69) is 22.2 Å². The lowest BCUT2D eigenvalue weighted by atomic mass is 10.2. The molecule has 2 N–H and O–H groups in total. The number of fused-ring (bicyclic) bond motifs is 1. The molecule has 0 atom stereocenters. The molecule has 3 rings (SSSR count). The Morgan fingerprint density at radius 3 is 2.77 bits per heavy atom. The Hall–Kier alpha value is -3.10. The summed E-state index contributed by atoms with van der Waals surface area (Å²) < 4.78 is 1.44. The zero-order valence-corrected chi connectivity index (χ0v) is 17.7. The van der Waals surface area contributed by atoms with Crippen molar-refractivity contribution in [1.29, 1.82) is 0 Å². The largest absolute Gasteiger partial charge is 0.334 e. The number of imide groups is 1. The molecule has 2 aromatic carbocycles. The zero-order chi connectivity index (χ0) is 21.7. The van der Waals surface area contributed by atoms with Crippen molar-refractivity contribution in [3.05, 3.63) is 76.1 Å². The van der Waals surface area contributed by atoms with E-state index in [0.29, 0.717) is 32.3 Å². The lowest BCUT2D eigenvalue weighted by Crippen LogP contribution is -2.40. The van der Waals surface area contributed by atoms with E-state index in [9.17, 15) is 14.4 Å². The standard InChI is InChI=1S/C21H19ClN4O3S/c1-3-11-23-20(29)25-18(27)12-30-21-24-16-9-5-4-7-14(16)19(28)26(21)17-10-6-8-15(22)13(17)2/h3-10H,1,11-12H2,2H3,(H2,23,25,27,29). The van der Waals surface area contributed by atoms with Gasteiger partial charge in [0.25, 0.3) is 5.56 Å². The van der Waals surface area contributed by atoms with Crippen molar-refractivity contribution >= 4 is 46.2 Å². The molecule has 9 heteroatoms. The highest BCUT2D eigenvalue weighted by Crippen LogP contribution is 2.26. The predicted molar refractivity (Wildman–Crippen MR) is 120 cm³/mol. The topological polar surface area (TPSA) is 93.1 Å². The zero-order valence-electron chi connectivity index (χ0n) is 16.1. The van der Waals surface area contributed by atoms with Crippen LogP contribution >= 0.6 is 23.4 Å². The van der Waals surface area contributed by atoms with Gasteiger partial charge in [0.1, 0.15) is 0 Å². The molecule has 0 saturated carbocycles. The van der Waals surface area contributed by atoms with Gasteiger partial charge in [-0.05, 0) is 36.8 Å². The molecule has 1 heterocycles. The van der Waals surface area contributed by atoms with Crippen molar-refractivity contribution < 1.29 is 9.59 Å². The summed E-state index contributed by atoms with van der Waals surface area (Å²) >= 11 is 7.31. The molecular formula is C21H19ClN4O3S. The molecule has 3 aromatic rings. The molecule has 0 aliphatic carbocycles. The van der Waals surface area contributed by atoms with Gasteiger partial charge < -0.3 is 5.32 Å². The average molecular weight is 443 g/mol. The number of carbonyl (C=O) groups is 2. The van der Waals surface area contributed by atoms with Gasteiger partial charge in [-0.1, -0.05) is 47.6 Å². The Balaban J connectivity index is 1.98. The van der Waals surface area contributed by atoms with Crippen molar-refractivity contribution in [2.45, 2.75) is 12.1 Å². The first-order valence-corrected chi connectivity index (χ1v) is 10.4. The number of benzene rings is 2. The summed E-state index contributed by atoms with van der Waals surface area (Å²) in [5, 5.41) is 5.98. The maximum absolute atomic E-state index is 13.2. The number of para-hydroxylation sites is 1. The van der Waals surface area contributed by atoms with Crippen LogP contribution in [0.4, 0.5) is 4.79 Å². The van der Waals surface area contributed by atoms with Crippen LogP contribution in [-0.4, -0.2) is 33.8 Å². The molecule has 3 amide bonds. The fraction of sp³-hybridized carbons (Fsp3) is 0.143. The summed E-state index contributed by atoms with van der Waals surface area (Å²) in [4.78, 5) is 41.6. The fourth-order valence-electron chi connectivity index (χ4n) is 2.76. The molecule has 154 valence electrons. The predicted octanol–water partition coefficient (Wildman–Crippen LogP) is 3.45. The number of thioether (sulfide) groups is 1. The second-order valence-corrected chi connectivity index (χ2v) is 7.62. The number of rotatable bonds is 6. The first kappa shape index (κ1) is 21.6. The maximum atomic E-state index is 13.2. The van der Waals surface area contributed by atoms with Gasteiger partial charge in [0.15, 0.2) is 5.16 Å². The number of amides is 3. The van der Waals surface area contributed by atoms with Crippen LogP contribution in [0.1, 0.15) is 5.56 Å². The minimum Gasteiger partial charge on any atom is -0.334 e. The van der Waals surface area contributed by atoms with Gasteiger partial charge in [-0.3, -0.25) is 19.5 Å². The molecule has 0 fully saturated rings. The summed E-state index contributed by atoms with van der Waals surface area (Å²) in [5.41, 5.74) is 1.55. The minimum atomic E-state index is -0.616. The summed E-state index contributed by atoms with van der Waals surface area (Å²) in [6.45, 7) is 5.54. The first-order valence-electron chi connectivity index (χ1n) is 9.01. The Labute approximate surface area is 182 Å². The quantitative estimate of drug-likeness (QED) is 0.346. The number of hydrogen-bond donors (Lipinski definition) is 2. The van der Waals surface area contributed by atoms with Gasteiger partial charge in [0.05, 0.1) is 22.3 Å². The normalized spacial score (nSPS) is 10.6. The molecule has 0 aliphatic rings. The molecule has 0 radical (unpaired) electrons. The van der Waals surface area contributed by atoms with Gasteiger partial charge in [0, 0.05) is 11.6 Å². The second-order valence-electron chi connectivity index (χ2n) is 6.27. The molecule has 1 aromatic heterocycles. The van der Waals surface area contributed by atoms with Gasteiger partial charge in [-0.2, -0.15) is 0 Å². The van der Waals surface area contributed by atoms with E-state index >= 15 is 0 Å². The van der Waals surface area contributed by atoms with E-state index in [1.807, 2.05) is 6.92 Å². The lowest BCUT2D eigenvalue weighted by Gasteiger charge is -2.15. The van der Waals surface area contributed by atoms with Crippen LogP contribution in [-0.2, 0) is 4.79 Å². The van der Waals surface area contributed by atoms with Crippen molar-refractivity contribution in [1.82, 2.24) is 20.2 Å². The Bertz CT molecular complexity index is 1190. The summed E-state index contributed by atoms with van der Waals surface area (Å²) in [6.07, 6.45) is 1.50. The van der Waals surface area contributed by atoms with Crippen molar-refractivity contribution in [3.63, 3.8) is 0 Å². The average Bonchev–Trinajstić information content (AvgIpc) is 2.73. The number of hydrogen-bond acceptors (Lipinski definition) is 5. The molecule has 0 unspecified atom stereocenters. The fourth-order valence-corrected chi connectivity index (χ4v) is 3.74. The molecule has 0 spiro atoms. The Morgan fingerprint density at radius 1 is 1.23 bits per heavy atom. The van der Waals surface area contributed by atoms with Gasteiger partial charge >= 0.3 is 6.03 Å². The second kappa shape index (κ2) is 9.60. The van der Waals surface area contributed by atoms with Gasteiger partial charge in [-0.25, -0.2) is 9.78 Å². The summed E-state index contributed by atoms with van der Waals surface area (Å²) in [7, 11) is 0. The van der Waals surface area contributed by atoms with E-state index < -0.39 is 11.9 Å². The molecular weight excluding hydrogens is 424 g/mol. The molecule has 0 bridgehead atoms. The van der Waals surface area contributed by atoms with Crippen LogP contribution in [0.25, 0.3) is 16.6 Å². The van der Waals surface area contributed by atoms with Crippen LogP contribution in [0.5, 0.6) is 0 Å². The maximum Gasteiger partial charge on any atom is 0.321 e. The monoisotopic (exact) mass is 442 g/mol. The number of aromatic nitrogens is 2. The van der Waals surface area contributed by atoms with E-state index in [-0.39, 0.29) is 17.9 Å². The van der Waals surface area contributed by atoms with E-state index in [1.165, 1.54) is 10.6 Å². The number of nitrogens with zero attached hydrogens (tertiary/aromatic N) is 2. The van der Waals surface area contributed by atoms with Crippen LogP contribution < -0.4 is 16.2 Å². The number of urea groups is 1. The Morgan fingerprint density at radius 2 is 2.00 bits per heavy atom. The van der Waals surface area contributed by atoms with Crippen LogP contribution in [0.15, 0.2) is 65.1 Å². The Kier molecular flexibility index (Phi) is 6.91. The third-order valence-electron chi connectivity index (χ3n) is 4.22. The van der Waals surface area contributed by atoms with E-state index in [4.69, 9.17) is 11.6 Å². The van der Waals surface area contributed by atoms with Gasteiger partial charge in [0.2, 0.25) is 5.91 Å². The van der Waals surface area contributed by atoms with E-state index in [0.717, 1.165) is 11.8 Å². The smallest absolute Gasteiger partial charge is 0.321 e. The summed E-state index contributed by atoms with van der Waals surface area (Å²) in [6, 6.07) is 11.6. The minimum absolute atomic E-state index is 0.105. The van der Waals surface area contributed by atoms with Crippen LogP contribution in [0, 0.1) is 6.92 Å². The van der Waals surface area contributed by atoms with Crippen molar-refractivity contribution in [2.75, 3.05) is 12.3 Å². The molecule has 0 aliphatic heterocycles. The SMILES string of the molecule is C=CCNC(=O)NC(=O)CSc1nc2ccccc2c(=O)n1-c1cccc(Cl)c1C. The molecule has 0 saturated heterocycles. The third-order valence-corrected chi connectivity index (χ3v) is 5.57. The first-order chi connectivity index (χ1) is 14.4. The lowest BCUT2D eigenvalue weighted by molar-refractivity contribution is -0.117. The third kappa shape index (κ3) is 4.72. The highest BCUT2D eigenvalue weighted by molar-refractivity contribution is 7.99. The van der Waals surface area contributed by atoms with Crippen molar-refractivity contribution in [2.24, 2.45) is 0 Å². The highest BCUT2D eigenvalue weighted by Gasteiger charge is 2.17.